The summed E-state index contributed by atoms with van der Waals surface area (Å²) in [5.41, 5.74) is 1.60. The average Bonchev–Trinajstić information content (AvgIpc) is 2.75. The van der Waals surface area contributed by atoms with Gasteiger partial charge in [0, 0.05) is 24.3 Å². The standard InChI is InChI=1S/C13H12N2O/c1-3-8-15(2)13(16)11-5-4-10-6-7-14-12(10)9-11/h1,4-7,9,14H,8H2,2H3. The number of hydrogen-bond acceptors (Lipinski definition) is 1. The molecule has 0 aliphatic carbocycles. The Morgan fingerprint density at radius 3 is 3.06 bits per heavy atom. The molecular weight excluding hydrogens is 200 g/mol. The number of aromatic nitrogens is 1. The molecule has 0 aliphatic heterocycles. The molecule has 0 unspecified atom stereocenters. The highest BCUT2D eigenvalue weighted by Crippen LogP contribution is 2.15. The van der Waals surface area contributed by atoms with Crippen molar-refractivity contribution < 1.29 is 4.79 Å². The number of carbonyl (C=O) groups is 1. The number of benzene rings is 1. The number of hydrogen-bond donors (Lipinski definition) is 1. The lowest BCUT2D eigenvalue weighted by atomic mass is 10.1. The zero-order valence-corrected chi connectivity index (χ0v) is 9.03. The number of carbonyl (C=O) groups excluding carboxylic acids is 1. The summed E-state index contributed by atoms with van der Waals surface area (Å²) in [6.07, 6.45) is 7.02. The number of nitrogens with zero attached hydrogens (tertiary/aromatic N) is 1. The fraction of sp³-hybridized carbons (Fsp3) is 0.154. The smallest absolute Gasteiger partial charge is 0.254 e. The van der Waals surface area contributed by atoms with Crippen LogP contribution in [0.2, 0.25) is 0 Å². The fourth-order valence-corrected chi connectivity index (χ4v) is 1.61. The van der Waals surface area contributed by atoms with E-state index in [1.54, 1.807) is 7.05 Å². The number of terminal acetylenes is 1. The summed E-state index contributed by atoms with van der Waals surface area (Å²) in [5.74, 6) is 2.39. The van der Waals surface area contributed by atoms with Crippen LogP contribution in [0.3, 0.4) is 0 Å². The molecule has 0 radical (unpaired) electrons. The first-order valence-corrected chi connectivity index (χ1v) is 4.98. The van der Waals surface area contributed by atoms with Gasteiger partial charge in [-0.25, -0.2) is 0 Å². The molecule has 0 saturated carbocycles. The van der Waals surface area contributed by atoms with Gasteiger partial charge in [-0.15, -0.1) is 6.42 Å². The molecule has 1 amide bonds. The molecule has 0 spiro atoms. The minimum absolute atomic E-state index is 0.0607. The number of amides is 1. The fourth-order valence-electron chi connectivity index (χ4n) is 1.61. The van der Waals surface area contributed by atoms with Crippen LogP contribution in [0.1, 0.15) is 10.4 Å². The topological polar surface area (TPSA) is 36.1 Å². The first kappa shape index (κ1) is 10.3. The van der Waals surface area contributed by atoms with E-state index >= 15 is 0 Å². The molecular formula is C13H12N2O. The van der Waals surface area contributed by atoms with Crippen molar-refractivity contribution in [3.05, 3.63) is 36.0 Å². The van der Waals surface area contributed by atoms with Gasteiger partial charge in [0.1, 0.15) is 0 Å². The quantitative estimate of drug-likeness (QED) is 0.758. The highest BCUT2D eigenvalue weighted by molar-refractivity contribution is 5.97. The maximum atomic E-state index is 11.9. The van der Waals surface area contributed by atoms with E-state index in [0.29, 0.717) is 12.1 Å². The van der Waals surface area contributed by atoms with E-state index < -0.39 is 0 Å². The maximum absolute atomic E-state index is 11.9. The number of H-pyrrole nitrogens is 1. The van der Waals surface area contributed by atoms with Crippen LogP contribution in [0.5, 0.6) is 0 Å². The van der Waals surface area contributed by atoms with Gasteiger partial charge in [0.15, 0.2) is 0 Å². The van der Waals surface area contributed by atoms with Gasteiger partial charge >= 0.3 is 0 Å². The summed E-state index contributed by atoms with van der Waals surface area (Å²) in [4.78, 5) is 16.5. The third-order valence-corrected chi connectivity index (χ3v) is 2.48. The molecule has 2 aromatic rings. The molecule has 3 heteroatoms. The highest BCUT2D eigenvalue weighted by atomic mass is 16.2. The first-order chi connectivity index (χ1) is 7.72. The SMILES string of the molecule is C#CCN(C)C(=O)c1ccc2cc[nH]c2c1. The molecule has 16 heavy (non-hydrogen) atoms. The van der Waals surface area contributed by atoms with Gasteiger partial charge in [0.25, 0.3) is 5.91 Å². The van der Waals surface area contributed by atoms with Crippen molar-refractivity contribution in [1.29, 1.82) is 0 Å². The summed E-state index contributed by atoms with van der Waals surface area (Å²) in [6, 6.07) is 7.54. The van der Waals surface area contributed by atoms with E-state index in [1.807, 2.05) is 30.5 Å². The zero-order valence-electron chi connectivity index (χ0n) is 9.03. The summed E-state index contributed by atoms with van der Waals surface area (Å²) in [7, 11) is 1.70. The third kappa shape index (κ3) is 1.78. The molecule has 0 aliphatic rings. The zero-order chi connectivity index (χ0) is 11.5. The van der Waals surface area contributed by atoms with Gasteiger partial charge in [0.2, 0.25) is 0 Å². The summed E-state index contributed by atoms with van der Waals surface area (Å²) in [5, 5.41) is 1.09. The normalized spacial score (nSPS) is 10.0. The summed E-state index contributed by atoms with van der Waals surface area (Å²) >= 11 is 0. The van der Waals surface area contributed by atoms with Crippen LogP contribution in [0, 0.1) is 12.3 Å². The lowest BCUT2D eigenvalue weighted by Gasteiger charge is -2.13. The molecule has 0 saturated heterocycles. The molecule has 0 bridgehead atoms. The lowest BCUT2D eigenvalue weighted by molar-refractivity contribution is 0.0813. The summed E-state index contributed by atoms with van der Waals surface area (Å²) in [6.45, 7) is 0.321. The van der Waals surface area contributed by atoms with Crippen molar-refractivity contribution in [2.45, 2.75) is 0 Å². The lowest BCUT2D eigenvalue weighted by Crippen LogP contribution is -2.26. The largest absolute Gasteiger partial charge is 0.361 e. The Bertz CT molecular complexity index is 563. The Morgan fingerprint density at radius 2 is 2.31 bits per heavy atom. The Morgan fingerprint density at radius 1 is 1.50 bits per heavy atom. The molecule has 80 valence electrons. The second-order valence-corrected chi connectivity index (χ2v) is 3.65. The minimum Gasteiger partial charge on any atom is -0.361 e. The van der Waals surface area contributed by atoms with Crippen LogP contribution >= 0.6 is 0 Å². The number of nitrogens with one attached hydrogen (secondary N) is 1. The predicted molar refractivity (Wildman–Crippen MR) is 64.1 cm³/mol. The third-order valence-electron chi connectivity index (χ3n) is 2.48. The van der Waals surface area contributed by atoms with Crippen LogP contribution in [0.25, 0.3) is 10.9 Å². The van der Waals surface area contributed by atoms with Gasteiger partial charge in [0.05, 0.1) is 6.54 Å². The Hall–Kier alpha value is -2.21. The molecule has 1 aromatic carbocycles. The van der Waals surface area contributed by atoms with Crippen molar-refractivity contribution >= 4 is 16.8 Å². The first-order valence-electron chi connectivity index (χ1n) is 4.98. The molecule has 1 heterocycles. The minimum atomic E-state index is -0.0607. The van der Waals surface area contributed by atoms with Crippen molar-refractivity contribution in [3.63, 3.8) is 0 Å². The molecule has 0 atom stereocenters. The Balaban J connectivity index is 2.33. The van der Waals surface area contributed by atoms with E-state index in [4.69, 9.17) is 6.42 Å². The predicted octanol–water partition coefficient (Wildman–Crippen LogP) is 1.87. The van der Waals surface area contributed by atoms with Gasteiger partial charge in [-0.05, 0) is 23.6 Å². The van der Waals surface area contributed by atoms with E-state index in [9.17, 15) is 4.79 Å². The van der Waals surface area contributed by atoms with Crippen molar-refractivity contribution in [2.75, 3.05) is 13.6 Å². The summed E-state index contributed by atoms with van der Waals surface area (Å²) < 4.78 is 0. The molecule has 3 nitrogen and oxygen atoms in total. The highest BCUT2D eigenvalue weighted by Gasteiger charge is 2.10. The molecule has 2 rings (SSSR count). The molecule has 0 fully saturated rings. The van der Waals surface area contributed by atoms with E-state index in [0.717, 1.165) is 10.9 Å². The van der Waals surface area contributed by atoms with E-state index in [1.165, 1.54) is 4.90 Å². The van der Waals surface area contributed by atoms with Gasteiger partial charge in [-0.2, -0.15) is 0 Å². The van der Waals surface area contributed by atoms with E-state index in [-0.39, 0.29) is 5.91 Å². The van der Waals surface area contributed by atoms with E-state index in [2.05, 4.69) is 10.9 Å². The monoisotopic (exact) mass is 212 g/mol. The van der Waals surface area contributed by atoms with Crippen LogP contribution < -0.4 is 0 Å². The van der Waals surface area contributed by atoms with Crippen LogP contribution in [-0.2, 0) is 0 Å². The molecule has 1 N–H and O–H groups in total. The Kier molecular flexibility index (Phi) is 2.65. The van der Waals surface area contributed by atoms with Crippen LogP contribution in [-0.4, -0.2) is 29.4 Å². The van der Waals surface area contributed by atoms with Crippen molar-refractivity contribution in [1.82, 2.24) is 9.88 Å². The molecule has 1 aromatic heterocycles. The number of fused-ring (bicyclic) bond motifs is 1. The van der Waals surface area contributed by atoms with Gasteiger partial charge in [-0.3, -0.25) is 4.79 Å². The average molecular weight is 212 g/mol. The second-order valence-electron chi connectivity index (χ2n) is 3.65. The van der Waals surface area contributed by atoms with Crippen LogP contribution in [0.4, 0.5) is 0 Å². The maximum Gasteiger partial charge on any atom is 0.254 e. The van der Waals surface area contributed by atoms with Crippen molar-refractivity contribution in [3.8, 4) is 12.3 Å². The second kappa shape index (κ2) is 4.11. The van der Waals surface area contributed by atoms with Gasteiger partial charge < -0.3 is 9.88 Å². The van der Waals surface area contributed by atoms with Gasteiger partial charge in [-0.1, -0.05) is 12.0 Å². The Labute approximate surface area is 94.1 Å². The number of aromatic amines is 1. The van der Waals surface area contributed by atoms with Crippen LogP contribution in [0.15, 0.2) is 30.5 Å². The number of rotatable bonds is 2. The van der Waals surface area contributed by atoms with Crippen molar-refractivity contribution in [2.24, 2.45) is 0 Å².